The van der Waals surface area contributed by atoms with Gasteiger partial charge >= 0.3 is 0 Å². The Bertz CT molecular complexity index is 397. The zero-order chi connectivity index (χ0) is 11.1. The molecule has 2 N–H and O–H groups in total. The van der Waals surface area contributed by atoms with E-state index in [1.54, 1.807) is 0 Å². The molecule has 2 atom stereocenters. The Morgan fingerprint density at radius 2 is 2.31 bits per heavy atom. The summed E-state index contributed by atoms with van der Waals surface area (Å²) in [7, 11) is 0. The summed E-state index contributed by atoms with van der Waals surface area (Å²) in [5.74, 6) is 0. The summed E-state index contributed by atoms with van der Waals surface area (Å²) in [4.78, 5) is 0. The number of nitrogens with one attached hydrogen (secondary N) is 1. The van der Waals surface area contributed by atoms with E-state index in [1.807, 2.05) is 0 Å². The van der Waals surface area contributed by atoms with Crippen molar-refractivity contribution in [1.82, 2.24) is 9.88 Å². The summed E-state index contributed by atoms with van der Waals surface area (Å²) in [5, 5.41) is 13.5. The first-order valence-corrected chi connectivity index (χ1v) is 6.38. The van der Waals surface area contributed by atoms with Crippen LogP contribution < -0.4 is 5.32 Å². The molecule has 0 radical (unpaired) electrons. The first-order valence-electron chi connectivity index (χ1n) is 6.38. The fourth-order valence-electron chi connectivity index (χ4n) is 3.18. The van der Waals surface area contributed by atoms with Crippen molar-refractivity contribution in [2.45, 2.75) is 51.3 Å². The van der Waals surface area contributed by atoms with E-state index in [4.69, 9.17) is 0 Å². The van der Waals surface area contributed by atoms with Crippen LogP contribution >= 0.6 is 0 Å². The van der Waals surface area contributed by atoms with E-state index in [9.17, 15) is 5.11 Å². The number of hydrogen-bond donors (Lipinski definition) is 2. The molecule has 1 aromatic rings. The number of nitrogens with zero attached hydrogens (tertiary/aromatic N) is 1. The van der Waals surface area contributed by atoms with Gasteiger partial charge in [-0.05, 0) is 50.8 Å². The highest BCUT2D eigenvalue weighted by Crippen LogP contribution is 2.31. The topological polar surface area (TPSA) is 37.2 Å². The Kier molecular flexibility index (Phi) is 2.52. The first-order chi connectivity index (χ1) is 7.77. The Balaban J connectivity index is 1.96. The second kappa shape index (κ2) is 3.90. The van der Waals surface area contributed by atoms with Gasteiger partial charge in [0.1, 0.15) is 0 Å². The highest BCUT2D eigenvalue weighted by atomic mass is 16.3. The zero-order valence-corrected chi connectivity index (χ0v) is 9.87. The third-order valence-corrected chi connectivity index (χ3v) is 4.00. The van der Waals surface area contributed by atoms with Gasteiger partial charge in [0.15, 0.2) is 0 Å². The van der Waals surface area contributed by atoms with Gasteiger partial charge in [-0.1, -0.05) is 0 Å². The van der Waals surface area contributed by atoms with Crippen LogP contribution in [-0.4, -0.2) is 22.3 Å². The van der Waals surface area contributed by atoms with Crippen LogP contribution in [0.2, 0.25) is 0 Å². The average Bonchev–Trinajstić information content (AvgIpc) is 2.84. The van der Waals surface area contributed by atoms with E-state index in [1.165, 1.54) is 29.8 Å². The second-order valence-corrected chi connectivity index (χ2v) is 5.10. The minimum atomic E-state index is -0.215. The lowest BCUT2D eigenvalue weighted by molar-refractivity contribution is 0.0932. The molecule has 3 nitrogen and oxygen atoms in total. The van der Waals surface area contributed by atoms with Crippen molar-refractivity contribution in [1.29, 1.82) is 0 Å². The highest BCUT2D eigenvalue weighted by molar-refractivity contribution is 5.31. The van der Waals surface area contributed by atoms with Gasteiger partial charge in [-0.2, -0.15) is 0 Å². The molecule has 1 aromatic heterocycles. The Hall–Kier alpha value is -0.800. The van der Waals surface area contributed by atoms with Crippen molar-refractivity contribution in [2.24, 2.45) is 0 Å². The molecule has 0 saturated carbocycles. The summed E-state index contributed by atoms with van der Waals surface area (Å²) >= 11 is 0. The predicted octanol–water partition coefficient (Wildman–Crippen LogP) is 1.53. The second-order valence-electron chi connectivity index (χ2n) is 5.10. The summed E-state index contributed by atoms with van der Waals surface area (Å²) in [5.41, 5.74) is 4.18. The van der Waals surface area contributed by atoms with Gasteiger partial charge in [-0.25, -0.2) is 0 Å². The van der Waals surface area contributed by atoms with Crippen LogP contribution in [0.15, 0.2) is 6.07 Å². The van der Waals surface area contributed by atoms with Crippen LogP contribution in [0.5, 0.6) is 0 Å². The number of hydrogen-bond acceptors (Lipinski definition) is 2. The number of aliphatic hydroxyl groups excluding tert-OH is 1. The number of aromatic nitrogens is 1. The smallest absolute Gasteiger partial charge is 0.0750 e. The Morgan fingerprint density at radius 1 is 1.44 bits per heavy atom. The van der Waals surface area contributed by atoms with Crippen molar-refractivity contribution in [2.75, 3.05) is 6.54 Å². The van der Waals surface area contributed by atoms with Crippen LogP contribution in [0.25, 0.3) is 0 Å². The van der Waals surface area contributed by atoms with E-state index in [2.05, 4.69) is 22.9 Å². The molecule has 0 aliphatic carbocycles. The molecule has 0 amide bonds. The van der Waals surface area contributed by atoms with Gasteiger partial charge in [-0.3, -0.25) is 0 Å². The molecule has 3 heteroatoms. The van der Waals surface area contributed by atoms with Gasteiger partial charge in [0.05, 0.1) is 12.1 Å². The van der Waals surface area contributed by atoms with Crippen LogP contribution in [0.4, 0.5) is 0 Å². The molecule has 0 aromatic carbocycles. The highest BCUT2D eigenvalue weighted by Gasteiger charge is 2.29. The molecule has 2 aliphatic rings. The fourth-order valence-corrected chi connectivity index (χ4v) is 3.18. The maximum atomic E-state index is 10.1. The number of aliphatic hydroxyl groups is 1. The van der Waals surface area contributed by atoms with Crippen molar-refractivity contribution in [3.63, 3.8) is 0 Å². The molecule has 1 fully saturated rings. The van der Waals surface area contributed by atoms with E-state index in [0.29, 0.717) is 0 Å². The predicted molar refractivity (Wildman–Crippen MR) is 63.5 cm³/mol. The number of piperidine rings is 1. The van der Waals surface area contributed by atoms with E-state index < -0.39 is 0 Å². The molecule has 1 saturated heterocycles. The molecule has 2 aliphatic heterocycles. The summed E-state index contributed by atoms with van der Waals surface area (Å²) in [6.45, 7) is 4.35. The van der Waals surface area contributed by atoms with E-state index >= 15 is 0 Å². The summed E-state index contributed by atoms with van der Waals surface area (Å²) in [6, 6.07) is 2.42. The normalized spacial score (nSPS) is 29.4. The van der Waals surface area contributed by atoms with Crippen LogP contribution in [0, 0.1) is 6.92 Å². The lowest BCUT2D eigenvalue weighted by Crippen LogP contribution is -2.38. The first kappa shape index (κ1) is 10.4. The maximum Gasteiger partial charge on any atom is 0.0750 e. The maximum absolute atomic E-state index is 10.1. The third kappa shape index (κ3) is 1.50. The van der Waals surface area contributed by atoms with Gasteiger partial charge in [0.25, 0.3) is 0 Å². The molecule has 88 valence electrons. The molecular weight excluding hydrogens is 200 g/mol. The zero-order valence-electron chi connectivity index (χ0n) is 9.87. The van der Waals surface area contributed by atoms with Crippen LogP contribution in [0.1, 0.15) is 42.3 Å². The largest absolute Gasteiger partial charge is 0.391 e. The SMILES string of the molecule is Cc1cc(C2NCCCC2O)n2c1CCC2. The molecular formula is C13H20N2O. The van der Waals surface area contributed by atoms with Crippen molar-refractivity contribution in [3.8, 4) is 0 Å². The monoisotopic (exact) mass is 220 g/mol. The minimum Gasteiger partial charge on any atom is -0.391 e. The van der Waals surface area contributed by atoms with E-state index in [0.717, 1.165) is 25.9 Å². The average molecular weight is 220 g/mol. The Labute approximate surface area is 96.5 Å². The molecule has 16 heavy (non-hydrogen) atoms. The molecule has 2 unspecified atom stereocenters. The molecule has 0 bridgehead atoms. The van der Waals surface area contributed by atoms with Crippen LogP contribution in [-0.2, 0) is 13.0 Å². The molecule has 3 heterocycles. The summed E-state index contributed by atoms with van der Waals surface area (Å²) < 4.78 is 2.42. The van der Waals surface area contributed by atoms with Crippen LogP contribution in [0.3, 0.4) is 0 Å². The third-order valence-electron chi connectivity index (χ3n) is 4.00. The molecule has 0 spiro atoms. The number of fused-ring (bicyclic) bond motifs is 1. The van der Waals surface area contributed by atoms with Crippen molar-refractivity contribution in [3.05, 3.63) is 23.0 Å². The minimum absolute atomic E-state index is 0.152. The molecule has 3 rings (SSSR count). The quantitative estimate of drug-likeness (QED) is 0.753. The fraction of sp³-hybridized carbons (Fsp3) is 0.692. The Morgan fingerprint density at radius 3 is 3.12 bits per heavy atom. The lowest BCUT2D eigenvalue weighted by Gasteiger charge is -2.29. The standard InChI is InChI=1S/C13H20N2O/c1-9-8-11(15-7-3-4-10(9)15)13-12(16)5-2-6-14-13/h8,12-14,16H,2-7H2,1H3. The van der Waals surface area contributed by atoms with Gasteiger partial charge < -0.3 is 15.0 Å². The van der Waals surface area contributed by atoms with E-state index in [-0.39, 0.29) is 12.1 Å². The number of rotatable bonds is 1. The number of aryl methyl sites for hydroxylation is 1. The van der Waals surface area contributed by atoms with Gasteiger partial charge in [0, 0.05) is 17.9 Å². The van der Waals surface area contributed by atoms with Crippen molar-refractivity contribution < 1.29 is 5.11 Å². The van der Waals surface area contributed by atoms with Gasteiger partial charge in [0.2, 0.25) is 0 Å². The lowest BCUT2D eigenvalue weighted by atomic mass is 9.98. The summed E-state index contributed by atoms with van der Waals surface area (Å²) in [6.07, 6.45) is 4.26. The van der Waals surface area contributed by atoms with Gasteiger partial charge in [-0.15, -0.1) is 0 Å². The van der Waals surface area contributed by atoms with Crippen molar-refractivity contribution >= 4 is 0 Å².